The Morgan fingerprint density at radius 1 is 1.62 bits per heavy atom. The molecule has 0 aliphatic heterocycles. The second-order valence-corrected chi connectivity index (χ2v) is 4.57. The van der Waals surface area contributed by atoms with Crippen molar-refractivity contribution in [1.82, 2.24) is 0 Å². The van der Waals surface area contributed by atoms with Crippen LogP contribution in [0.1, 0.15) is 26.7 Å². The summed E-state index contributed by atoms with van der Waals surface area (Å²) in [4.78, 5) is 9.83. The van der Waals surface area contributed by atoms with Crippen LogP contribution in [0.5, 0.6) is 0 Å². The zero-order valence-corrected chi connectivity index (χ0v) is 6.86. The minimum atomic E-state index is 0.133. The minimum Gasteiger partial charge on any atom is -0.303 e. The van der Waals surface area contributed by atoms with Crippen LogP contribution in [-0.4, -0.2) is 10.6 Å². The molecule has 0 aliphatic rings. The number of carbonyl (C=O) groups excluding carboxylic acids is 1. The lowest BCUT2D eigenvalue weighted by Crippen LogP contribution is -2.08. The number of alkyl halides is 1. The summed E-state index contributed by atoms with van der Waals surface area (Å²) in [6, 6.07) is 0. The van der Waals surface area contributed by atoms with E-state index in [9.17, 15) is 4.79 Å². The topological polar surface area (TPSA) is 17.1 Å². The van der Waals surface area contributed by atoms with Crippen LogP contribution < -0.4 is 0 Å². The summed E-state index contributed by atoms with van der Waals surface area (Å²) in [6.45, 7) is 4.10. The molecule has 0 aromatic rings. The Labute approximate surface area is 58.6 Å². The third kappa shape index (κ3) is 6.15. The smallest absolute Gasteiger partial charge is 0.120 e. The summed E-state index contributed by atoms with van der Waals surface area (Å²) in [5.41, 5.74) is 0. The number of hydrogen-bond donors (Lipinski definition) is 0. The molecule has 0 saturated heterocycles. The molecule has 0 unspecified atom stereocenters. The van der Waals surface area contributed by atoms with Crippen molar-refractivity contribution in [2.45, 2.75) is 31.0 Å². The van der Waals surface area contributed by atoms with Crippen molar-refractivity contribution in [3.63, 3.8) is 0 Å². The van der Waals surface area contributed by atoms with Gasteiger partial charge in [-0.05, 0) is 6.42 Å². The molecule has 0 atom stereocenters. The van der Waals surface area contributed by atoms with Crippen molar-refractivity contribution < 1.29 is 4.79 Å². The van der Waals surface area contributed by atoms with Gasteiger partial charge in [0.15, 0.2) is 0 Å². The van der Waals surface area contributed by atoms with E-state index in [1.807, 2.05) is 0 Å². The number of hydrogen-bond acceptors (Lipinski definition) is 1. The number of rotatable bonds is 3. The van der Waals surface area contributed by atoms with Crippen LogP contribution in [0.25, 0.3) is 0 Å². The molecular weight excluding hydrogens is 168 g/mol. The second-order valence-electron chi connectivity index (χ2n) is 2.42. The zero-order valence-electron chi connectivity index (χ0n) is 5.28. The predicted molar refractivity (Wildman–Crippen MR) is 38.3 cm³/mol. The summed E-state index contributed by atoms with van der Waals surface area (Å²) in [7, 11) is 0. The zero-order chi connectivity index (χ0) is 6.62. The molecule has 0 radical (unpaired) electrons. The Bertz CT molecular complexity index is 73.1. The van der Waals surface area contributed by atoms with Gasteiger partial charge < -0.3 is 4.79 Å². The number of aldehydes is 1. The van der Waals surface area contributed by atoms with Gasteiger partial charge in [-0.3, -0.25) is 0 Å². The first-order valence-corrected chi connectivity index (χ1v) is 3.48. The molecule has 0 aromatic carbocycles. The molecule has 0 aliphatic carbocycles. The molecule has 48 valence electrons. The minimum absolute atomic E-state index is 0.133. The molecule has 2 heteroatoms. The third-order valence-corrected chi connectivity index (χ3v) is 1.25. The van der Waals surface area contributed by atoms with Crippen molar-refractivity contribution in [3.05, 3.63) is 0 Å². The standard InChI is InChI=1S/C6H11BrO/c1-6(2,7)4-3-5-8/h5H,3-4H2,1-2H3. The van der Waals surface area contributed by atoms with Crippen molar-refractivity contribution in [2.24, 2.45) is 0 Å². The summed E-state index contributed by atoms with van der Waals surface area (Å²) in [5.74, 6) is 0. The first-order valence-electron chi connectivity index (χ1n) is 2.69. The molecule has 0 N–H and O–H groups in total. The summed E-state index contributed by atoms with van der Waals surface area (Å²) < 4.78 is 0.133. The van der Waals surface area contributed by atoms with Crippen LogP contribution in [-0.2, 0) is 4.79 Å². The Morgan fingerprint density at radius 3 is 2.25 bits per heavy atom. The molecule has 0 bridgehead atoms. The molecule has 0 fully saturated rings. The van der Waals surface area contributed by atoms with Gasteiger partial charge in [-0.2, -0.15) is 0 Å². The predicted octanol–water partition coefficient (Wildman–Crippen LogP) is 2.14. The van der Waals surface area contributed by atoms with E-state index in [4.69, 9.17) is 0 Å². The third-order valence-electron chi connectivity index (χ3n) is 0.857. The van der Waals surface area contributed by atoms with Crippen molar-refractivity contribution >= 4 is 22.2 Å². The highest BCUT2D eigenvalue weighted by Gasteiger charge is 2.10. The molecule has 0 rings (SSSR count). The lowest BCUT2D eigenvalue weighted by Gasteiger charge is -2.12. The normalized spacial score (nSPS) is 11.4. The molecule has 0 spiro atoms. The Kier molecular flexibility index (Phi) is 3.29. The van der Waals surface area contributed by atoms with E-state index >= 15 is 0 Å². The maximum atomic E-state index is 9.83. The molecule has 8 heavy (non-hydrogen) atoms. The lowest BCUT2D eigenvalue weighted by molar-refractivity contribution is -0.108. The van der Waals surface area contributed by atoms with Crippen LogP contribution in [0.3, 0.4) is 0 Å². The van der Waals surface area contributed by atoms with Gasteiger partial charge in [0, 0.05) is 10.7 Å². The van der Waals surface area contributed by atoms with Gasteiger partial charge >= 0.3 is 0 Å². The fourth-order valence-electron chi connectivity index (χ4n) is 0.402. The lowest BCUT2D eigenvalue weighted by atomic mass is 10.1. The van der Waals surface area contributed by atoms with Crippen LogP contribution in [0, 0.1) is 0 Å². The van der Waals surface area contributed by atoms with E-state index in [0.29, 0.717) is 6.42 Å². The second kappa shape index (κ2) is 3.23. The monoisotopic (exact) mass is 178 g/mol. The van der Waals surface area contributed by atoms with Crippen molar-refractivity contribution in [1.29, 1.82) is 0 Å². The highest BCUT2D eigenvalue weighted by atomic mass is 79.9. The van der Waals surface area contributed by atoms with Gasteiger partial charge in [0.2, 0.25) is 0 Å². The Balaban J connectivity index is 3.24. The highest BCUT2D eigenvalue weighted by molar-refractivity contribution is 9.10. The average molecular weight is 179 g/mol. The van der Waals surface area contributed by atoms with Gasteiger partial charge in [0.1, 0.15) is 6.29 Å². The fourth-order valence-corrected chi connectivity index (χ4v) is 0.631. The van der Waals surface area contributed by atoms with Gasteiger partial charge in [-0.1, -0.05) is 29.8 Å². The van der Waals surface area contributed by atoms with Crippen molar-refractivity contribution in [3.8, 4) is 0 Å². The summed E-state index contributed by atoms with van der Waals surface area (Å²) in [6.07, 6.45) is 2.51. The fraction of sp³-hybridized carbons (Fsp3) is 0.833. The summed E-state index contributed by atoms with van der Waals surface area (Å²) in [5, 5.41) is 0. The quantitative estimate of drug-likeness (QED) is 0.479. The molecule has 0 saturated carbocycles. The first kappa shape index (κ1) is 8.15. The van der Waals surface area contributed by atoms with Crippen LogP contribution in [0.4, 0.5) is 0 Å². The Hall–Kier alpha value is 0.150. The van der Waals surface area contributed by atoms with Gasteiger partial charge in [-0.15, -0.1) is 0 Å². The molecule has 0 heterocycles. The van der Waals surface area contributed by atoms with E-state index in [-0.39, 0.29) is 4.32 Å². The Morgan fingerprint density at radius 2 is 2.12 bits per heavy atom. The highest BCUT2D eigenvalue weighted by Crippen LogP contribution is 2.20. The molecule has 1 nitrogen and oxygen atoms in total. The van der Waals surface area contributed by atoms with Gasteiger partial charge in [0.05, 0.1) is 0 Å². The first-order chi connectivity index (χ1) is 3.56. The number of carbonyl (C=O) groups is 1. The SMILES string of the molecule is CC(C)(Br)CCC=O. The molecule has 0 aromatic heterocycles. The van der Waals surface area contributed by atoms with Crippen LogP contribution in [0.15, 0.2) is 0 Å². The summed E-state index contributed by atoms with van der Waals surface area (Å²) >= 11 is 3.42. The largest absolute Gasteiger partial charge is 0.303 e. The van der Waals surface area contributed by atoms with Gasteiger partial charge in [-0.25, -0.2) is 0 Å². The number of halogens is 1. The maximum Gasteiger partial charge on any atom is 0.120 e. The average Bonchev–Trinajstić information content (AvgIpc) is 1.59. The molecular formula is C6H11BrO. The van der Waals surface area contributed by atoms with E-state index in [2.05, 4.69) is 29.8 Å². The molecule has 0 amide bonds. The maximum absolute atomic E-state index is 9.83. The van der Waals surface area contributed by atoms with Gasteiger partial charge in [0.25, 0.3) is 0 Å². The van der Waals surface area contributed by atoms with E-state index in [1.165, 1.54) is 0 Å². The van der Waals surface area contributed by atoms with E-state index in [0.717, 1.165) is 12.7 Å². The van der Waals surface area contributed by atoms with Crippen molar-refractivity contribution in [2.75, 3.05) is 0 Å². The van der Waals surface area contributed by atoms with E-state index in [1.54, 1.807) is 0 Å². The van der Waals surface area contributed by atoms with E-state index < -0.39 is 0 Å². The van der Waals surface area contributed by atoms with Crippen LogP contribution >= 0.6 is 15.9 Å². The van der Waals surface area contributed by atoms with Crippen LogP contribution in [0.2, 0.25) is 0 Å².